The highest BCUT2D eigenvalue weighted by Gasteiger charge is 2.32. The van der Waals surface area contributed by atoms with Gasteiger partial charge in [-0.3, -0.25) is 4.79 Å². The number of rotatable bonds is 4. The van der Waals surface area contributed by atoms with Gasteiger partial charge in [0.25, 0.3) is 0 Å². The molecule has 104 valence electrons. The van der Waals surface area contributed by atoms with Gasteiger partial charge < -0.3 is 10.1 Å². The molecule has 2 fully saturated rings. The van der Waals surface area contributed by atoms with E-state index in [4.69, 9.17) is 4.74 Å². The number of carbonyl (C=O) groups is 1. The van der Waals surface area contributed by atoms with Crippen molar-refractivity contribution in [3.8, 4) is 0 Å². The first-order chi connectivity index (χ1) is 8.76. The highest BCUT2D eigenvalue weighted by Crippen LogP contribution is 2.37. The van der Waals surface area contributed by atoms with E-state index in [0.717, 1.165) is 37.9 Å². The number of hydrogen-bond donors (Lipinski definition) is 1. The number of ether oxygens (including phenoxy) is 1. The van der Waals surface area contributed by atoms with E-state index in [1.54, 1.807) is 0 Å². The summed E-state index contributed by atoms with van der Waals surface area (Å²) in [5.74, 6) is 0.416. The van der Waals surface area contributed by atoms with Crippen LogP contribution in [-0.4, -0.2) is 31.0 Å². The molecule has 18 heavy (non-hydrogen) atoms. The van der Waals surface area contributed by atoms with Gasteiger partial charge in [-0.1, -0.05) is 35.2 Å². The largest absolute Gasteiger partial charge is 0.381 e. The summed E-state index contributed by atoms with van der Waals surface area (Å²) >= 11 is 3.64. The monoisotopic (exact) mass is 317 g/mol. The van der Waals surface area contributed by atoms with E-state index in [1.165, 1.54) is 32.1 Å². The highest BCUT2D eigenvalue weighted by molar-refractivity contribution is 9.09. The third kappa shape index (κ3) is 3.70. The van der Waals surface area contributed by atoms with E-state index in [9.17, 15) is 4.79 Å². The molecule has 2 aliphatic rings. The van der Waals surface area contributed by atoms with Gasteiger partial charge in [-0.2, -0.15) is 0 Å². The lowest BCUT2D eigenvalue weighted by atomic mass is 9.75. The van der Waals surface area contributed by atoms with Gasteiger partial charge in [0.2, 0.25) is 5.91 Å². The number of amides is 1. The van der Waals surface area contributed by atoms with Crippen molar-refractivity contribution in [1.29, 1.82) is 0 Å². The zero-order chi connectivity index (χ0) is 12.8. The van der Waals surface area contributed by atoms with E-state index >= 15 is 0 Å². The average molecular weight is 318 g/mol. The van der Waals surface area contributed by atoms with Crippen molar-refractivity contribution in [3.63, 3.8) is 0 Å². The molecule has 1 heterocycles. The zero-order valence-electron chi connectivity index (χ0n) is 11.0. The summed E-state index contributed by atoms with van der Waals surface area (Å²) < 4.78 is 5.30. The first-order valence-electron chi connectivity index (χ1n) is 7.17. The summed E-state index contributed by atoms with van der Waals surface area (Å²) in [5.41, 5.74) is 0.305. The van der Waals surface area contributed by atoms with Crippen LogP contribution in [-0.2, 0) is 9.53 Å². The highest BCUT2D eigenvalue weighted by atomic mass is 79.9. The van der Waals surface area contributed by atoms with Gasteiger partial charge in [0, 0.05) is 31.0 Å². The Bertz CT molecular complexity index is 271. The van der Waals surface area contributed by atoms with Crippen molar-refractivity contribution in [2.75, 3.05) is 25.1 Å². The molecule has 1 saturated heterocycles. The quantitative estimate of drug-likeness (QED) is 0.810. The van der Waals surface area contributed by atoms with Crippen LogP contribution in [0, 0.1) is 11.3 Å². The molecule has 0 unspecified atom stereocenters. The molecule has 3 nitrogen and oxygen atoms in total. The van der Waals surface area contributed by atoms with Crippen molar-refractivity contribution < 1.29 is 9.53 Å². The van der Waals surface area contributed by atoms with Gasteiger partial charge >= 0.3 is 0 Å². The second-order valence-corrected chi connectivity index (χ2v) is 6.36. The fourth-order valence-corrected chi connectivity index (χ4v) is 3.80. The molecule has 2 rings (SSSR count). The molecular formula is C14H24BrNO2. The number of halogens is 1. The van der Waals surface area contributed by atoms with Crippen LogP contribution in [0.4, 0.5) is 0 Å². The van der Waals surface area contributed by atoms with Gasteiger partial charge in [0.1, 0.15) is 0 Å². The number of hydrogen-bond acceptors (Lipinski definition) is 2. The Morgan fingerprint density at radius 3 is 2.50 bits per heavy atom. The zero-order valence-corrected chi connectivity index (χ0v) is 12.6. The summed E-state index contributed by atoms with van der Waals surface area (Å²) in [6, 6.07) is 0. The second kappa shape index (κ2) is 6.90. The number of nitrogens with one attached hydrogen (secondary N) is 1. The number of alkyl halides is 1. The van der Waals surface area contributed by atoms with Gasteiger partial charge in [-0.15, -0.1) is 0 Å². The van der Waals surface area contributed by atoms with Crippen molar-refractivity contribution in [3.05, 3.63) is 0 Å². The Morgan fingerprint density at radius 2 is 1.89 bits per heavy atom. The topological polar surface area (TPSA) is 38.3 Å². The van der Waals surface area contributed by atoms with Crippen molar-refractivity contribution in [2.24, 2.45) is 11.3 Å². The third-order valence-corrected chi connectivity index (χ3v) is 5.62. The Kier molecular flexibility index (Phi) is 5.49. The SMILES string of the molecule is O=C(NCC1(CBr)CCCCC1)C1CCOCC1. The minimum Gasteiger partial charge on any atom is -0.381 e. The van der Waals surface area contributed by atoms with E-state index in [2.05, 4.69) is 21.2 Å². The van der Waals surface area contributed by atoms with Crippen LogP contribution in [0.25, 0.3) is 0 Å². The van der Waals surface area contributed by atoms with Crippen LogP contribution in [0.1, 0.15) is 44.9 Å². The Labute approximate surface area is 118 Å². The van der Waals surface area contributed by atoms with Crippen LogP contribution in [0.15, 0.2) is 0 Å². The van der Waals surface area contributed by atoms with Crippen molar-refractivity contribution in [2.45, 2.75) is 44.9 Å². The predicted octanol–water partition coefficient (Wildman–Crippen LogP) is 2.87. The molecule has 4 heteroatoms. The predicted molar refractivity (Wildman–Crippen MR) is 75.9 cm³/mol. The lowest BCUT2D eigenvalue weighted by Gasteiger charge is -2.36. The Hall–Kier alpha value is -0.0900. The molecular weight excluding hydrogens is 294 g/mol. The maximum atomic E-state index is 12.1. The smallest absolute Gasteiger partial charge is 0.223 e. The molecule has 1 aliphatic heterocycles. The molecule has 0 aromatic rings. The first-order valence-corrected chi connectivity index (χ1v) is 8.29. The molecule has 0 aromatic heterocycles. The Morgan fingerprint density at radius 1 is 1.22 bits per heavy atom. The second-order valence-electron chi connectivity index (χ2n) is 5.80. The maximum absolute atomic E-state index is 12.1. The van der Waals surface area contributed by atoms with Crippen LogP contribution in [0.5, 0.6) is 0 Å². The fourth-order valence-electron chi connectivity index (χ4n) is 3.04. The molecule has 1 aliphatic carbocycles. The minimum atomic E-state index is 0.176. The van der Waals surface area contributed by atoms with Gasteiger partial charge in [-0.25, -0.2) is 0 Å². The summed E-state index contributed by atoms with van der Waals surface area (Å²) in [7, 11) is 0. The van der Waals surface area contributed by atoms with Crippen LogP contribution < -0.4 is 5.32 Å². The van der Waals surface area contributed by atoms with Crippen molar-refractivity contribution >= 4 is 21.8 Å². The molecule has 0 aromatic carbocycles. The average Bonchev–Trinajstić information content (AvgIpc) is 2.47. The van der Waals surface area contributed by atoms with E-state index in [-0.39, 0.29) is 11.8 Å². The maximum Gasteiger partial charge on any atom is 0.223 e. The van der Waals surface area contributed by atoms with Gasteiger partial charge in [-0.05, 0) is 31.1 Å². The summed E-state index contributed by atoms with van der Waals surface area (Å²) in [4.78, 5) is 12.1. The molecule has 0 bridgehead atoms. The molecule has 1 N–H and O–H groups in total. The summed E-state index contributed by atoms with van der Waals surface area (Å²) in [6.45, 7) is 2.32. The van der Waals surface area contributed by atoms with E-state index in [1.807, 2.05) is 0 Å². The normalized spacial score (nSPS) is 24.7. The fraction of sp³-hybridized carbons (Fsp3) is 0.929. The van der Waals surface area contributed by atoms with Crippen molar-refractivity contribution in [1.82, 2.24) is 5.32 Å². The standard InChI is InChI=1S/C14H24BrNO2/c15-10-14(6-2-1-3-7-14)11-16-13(17)12-4-8-18-9-5-12/h12H,1-11H2,(H,16,17). The molecule has 1 saturated carbocycles. The van der Waals surface area contributed by atoms with E-state index in [0.29, 0.717) is 5.41 Å². The van der Waals surface area contributed by atoms with E-state index < -0.39 is 0 Å². The Balaban J connectivity index is 1.79. The van der Waals surface area contributed by atoms with Crippen LogP contribution in [0.2, 0.25) is 0 Å². The first kappa shape index (κ1) is 14.3. The molecule has 1 amide bonds. The summed E-state index contributed by atoms with van der Waals surface area (Å²) in [5, 5.41) is 4.20. The molecule has 0 spiro atoms. The lowest BCUT2D eigenvalue weighted by molar-refractivity contribution is -0.128. The minimum absolute atomic E-state index is 0.176. The summed E-state index contributed by atoms with van der Waals surface area (Å²) in [6.07, 6.45) is 8.21. The van der Waals surface area contributed by atoms with Gasteiger partial charge in [0.05, 0.1) is 0 Å². The molecule has 0 atom stereocenters. The lowest BCUT2D eigenvalue weighted by Crippen LogP contribution is -2.43. The van der Waals surface area contributed by atoms with Crippen LogP contribution in [0.3, 0.4) is 0 Å². The molecule has 0 radical (unpaired) electrons. The van der Waals surface area contributed by atoms with Crippen LogP contribution >= 0.6 is 15.9 Å². The van der Waals surface area contributed by atoms with Gasteiger partial charge in [0.15, 0.2) is 0 Å². The number of carbonyl (C=O) groups excluding carboxylic acids is 1. The third-order valence-electron chi connectivity index (χ3n) is 4.43.